The third-order valence-corrected chi connectivity index (χ3v) is 4.79. The van der Waals surface area contributed by atoms with E-state index < -0.39 is 0 Å². The first-order valence-electron chi connectivity index (χ1n) is 7.75. The number of hydrogen-bond acceptors (Lipinski definition) is 2. The van der Waals surface area contributed by atoms with E-state index in [0.29, 0.717) is 12.2 Å². The van der Waals surface area contributed by atoms with Crippen LogP contribution >= 0.6 is 31.9 Å². The lowest BCUT2D eigenvalue weighted by atomic mass is 10.0. The van der Waals surface area contributed by atoms with Crippen molar-refractivity contribution in [3.8, 4) is 5.75 Å². The third-order valence-electron chi connectivity index (χ3n) is 3.75. The normalized spacial score (nSPS) is 14.7. The second-order valence-electron chi connectivity index (χ2n) is 5.72. The van der Waals surface area contributed by atoms with Gasteiger partial charge in [-0.2, -0.15) is 0 Å². The largest absolute Gasteiger partial charge is 0.492 e. The number of fused-ring (bicyclic) bond motifs is 1. The fourth-order valence-corrected chi connectivity index (χ4v) is 4.02. The zero-order chi connectivity index (χ0) is 17.3. The molecule has 0 saturated heterocycles. The van der Waals surface area contributed by atoms with Crippen LogP contribution in [0.1, 0.15) is 30.0 Å². The molecule has 3 nitrogen and oxygen atoms in total. The Morgan fingerprint density at radius 3 is 2.75 bits per heavy atom. The van der Waals surface area contributed by atoms with Crippen LogP contribution in [-0.2, 0) is 4.79 Å². The number of carbonyl (C=O) groups excluding carboxylic acids is 1. The van der Waals surface area contributed by atoms with Gasteiger partial charge in [0.15, 0.2) is 0 Å². The van der Waals surface area contributed by atoms with Gasteiger partial charge in [-0.25, -0.2) is 0 Å². The summed E-state index contributed by atoms with van der Waals surface area (Å²) in [5.74, 6) is 0.662. The maximum Gasteiger partial charge on any atom is 0.256 e. The van der Waals surface area contributed by atoms with E-state index >= 15 is 0 Å². The Morgan fingerprint density at radius 1 is 1.21 bits per heavy atom. The quantitative estimate of drug-likeness (QED) is 0.597. The first kappa shape index (κ1) is 17.2. The molecule has 1 aliphatic heterocycles. The summed E-state index contributed by atoms with van der Waals surface area (Å²) in [6.07, 6.45) is 2.81. The molecule has 1 aliphatic rings. The van der Waals surface area contributed by atoms with Gasteiger partial charge in [0.05, 0.1) is 11.1 Å². The Balaban J connectivity index is 2.12. The lowest BCUT2D eigenvalue weighted by molar-refractivity contribution is -0.110. The summed E-state index contributed by atoms with van der Waals surface area (Å²) in [5, 5.41) is 2.92. The molecular formula is C19H17Br2NO2. The summed E-state index contributed by atoms with van der Waals surface area (Å²) < 4.78 is 7.67. The van der Waals surface area contributed by atoms with E-state index in [2.05, 4.69) is 44.1 Å². The molecule has 24 heavy (non-hydrogen) atoms. The number of nitrogens with one attached hydrogen (secondary N) is 1. The van der Waals surface area contributed by atoms with Gasteiger partial charge >= 0.3 is 0 Å². The minimum absolute atomic E-state index is 0.0897. The van der Waals surface area contributed by atoms with E-state index in [-0.39, 0.29) is 5.91 Å². The van der Waals surface area contributed by atoms with Gasteiger partial charge in [0.2, 0.25) is 0 Å². The van der Waals surface area contributed by atoms with Crippen LogP contribution in [0.5, 0.6) is 5.75 Å². The predicted molar refractivity (Wildman–Crippen MR) is 105 cm³/mol. The Hall–Kier alpha value is -1.59. The minimum atomic E-state index is -0.0897. The van der Waals surface area contributed by atoms with Gasteiger partial charge in [0.25, 0.3) is 5.91 Å². The number of rotatable bonds is 4. The maximum absolute atomic E-state index is 12.4. The number of ether oxygens (including phenoxy) is 1. The van der Waals surface area contributed by atoms with Crippen molar-refractivity contribution in [3.63, 3.8) is 0 Å². The van der Waals surface area contributed by atoms with Gasteiger partial charge in [0, 0.05) is 26.9 Å². The van der Waals surface area contributed by atoms with Gasteiger partial charge < -0.3 is 10.1 Å². The number of halogens is 2. The monoisotopic (exact) mass is 449 g/mol. The van der Waals surface area contributed by atoms with Crippen molar-refractivity contribution in [2.24, 2.45) is 0 Å². The van der Waals surface area contributed by atoms with Crippen LogP contribution in [0.25, 0.3) is 11.6 Å². The van der Waals surface area contributed by atoms with Crippen LogP contribution < -0.4 is 10.1 Å². The lowest BCUT2D eigenvalue weighted by Gasteiger charge is -2.12. The van der Waals surface area contributed by atoms with Crippen LogP contribution in [0.4, 0.5) is 5.69 Å². The second kappa shape index (κ2) is 7.11. The van der Waals surface area contributed by atoms with Crippen molar-refractivity contribution < 1.29 is 9.53 Å². The Morgan fingerprint density at radius 2 is 2.00 bits per heavy atom. The van der Waals surface area contributed by atoms with Crippen LogP contribution in [0, 0.1) is 6.92 Å². The average Bonchev–Trinajstić information content (AvgIpc) is 2.82. The van der Waals surface area contributed by atoms with Crippen molar-refractivity contribution in [1.82, 2.24) is 0 Å². The van der Waals surface area contributed by atoms with E-state index in [1.165, 1.54) is 0 Å². The summed E-state index contributed by atoms with van der Waals surface area (Å²) in [6, 6.07) is 9.87. The second-order valence-corrected chi connectivity index (χ2v) is 7.49. The van der Waals surface area contributed by atoms with E-state index in [9.17, 15) is 4.79 Å². The smallest absolute Gasteiger partial charge is 0.256 e. The molecule has 0 spiro atoms. The van der Waals surface area contributed by atoms with Gasteiger partial charge in [-0.1, -0.05) is 34.5 Å². The summed E-state index contributed by atoms with van der Waals surface area (Å²) in [5.41, 5.74) is 4.41. The first-order valence-corrected chi connectivity index (χ1v) is 9.34. The first-order chi connectivity index (χ1) is 11.5. The lowest BCUT2D eigenvalue weighted by Crippen LogP contribution is -2.04. The molecule has 0 atom stereocenters. The number of benzene rings is 2. The molecule has 1 N–H and O–H groups in total. The fourth-order valence-electron chi connectivity index (χ4n) is 2.64. The SMILES string of the molecule is CCCOc1c(Br)cc(Br)cc1C=C1C(=O)Nc2ccc(C)cc21. The molecule has 0 bridgehead atoms. The van der Waals surface area contributed by atoms with Gasteiger partial charge in [-0.05, 0) is 59.6 Å². The van der Waals surface area contributed by atoms with Gasteiger partial charge in [-0.15, -0.1) is 0 Å². The summed E-state index contributed by atoms with van der Waals surface area (Å²) in [4.78, 5) is 12.4. The molecule has 0 saturated carbocycles. The van der Waals surface area contributed by atoms with Crippen molar-refractivity contribution in [2.45, 2.75) is 20.3 Å². The highest BCUT2D eigenvalue weighted by atomic mass is 79.9. The van der Waals surface area contributed by atoms with Crippen molar-refractivity contribution in [1.29, 1.82) is 0 Å². The van der Waals surface area contributed by atoms with Crippen LogP contribution in [0.3, 0.4) is 0 Å². The van der Waals surface area contributed by atoms with Crippen molar-refractivity contribution in [3.05, 3.63) is 56.0 Å². The standard InChI is InChI=1S/C19H17Br2NO2/c1-3-6-24-18-12(8-13(20)10-16(18)21)9-15-14-7-11(2)4-5-17(14)22-19(15)23/h4-5,7-10H,3,6H2,1-2H3,(H,22,23). The zero-order valence-corrected chi connectivity index (χ0v) is 16.6. The van der Waals surface area contributed by atoms with E-state index in [1.807, 2.05) is 43.3 Å². The van der Waals surface area contributed by atoms with Gasteiger partial charge in [0.1, 0.15) is 5.75 Å². The maximum atomic E-state index is 12.4. The third kappa shape index (κ3) is 3.42. The van der Waals surface area contributed by atoms with Crippen LogP contribution in [0.2, 0.25) is 0 Å². The Kier molecular flexibility index (Phi) is 5.11. The number of carbonyl (C=O) groups is 1. The number of anilines is 1. The molecule has 0 aromatic heterocycles. The molecule has 0 aliphatic carbocycles. The number of hydrogen-bond donors (Lipinski definition) is 1. The Bertz CT molecular complexity index is 844. The highest BCUT2D eigenvalue weighted by molar-refractivity contribution is 9.11. The highest BCUT2D eigenvalue weighted by Gasteiger charge is 2.24. The molecule has 2 aromatic rings. The molecule has 2 aromatic carbocycles. The zero-order valence-electron chi connectivity index (χ0n) is 13.5. The molecule has 1 heterocycles. The highest BCUT2D eigenvalue weighted by Crippen LogP contribution is 2.38. The summed E-state index contributed by atoms with van der Waals surface area (Å²) >= 11 is 7.06. The average molecular weight is 451 g/mol. The summed E-state index contributed by atoms with van der Waals surface area (Å²) in [6.45, 7) is 4.71. The van der Waals surface area contributed by atoms with E-state index in [4.69, 9.17) is 4.74 Å². The van der Waals surface area contributed by atoms with Crippen molar-refractivity contribution >= 4 is 55.1 Å². The molecule has 0 fully saturated rings. The molecular weight excluding hydrogens is 434 g/mol. The molecule has 1 amide bonds. The molecule has 3 rings (SSSR count). The topological polar surface area (TPSA) is 38.3 Å². The van der Waals surface area contributed by atoms with Crippen molar-refractivity contribution in [2.75, 3.05) is 11.9 Å². The number of aryl methyl sites for hydroxylation is 1. The predicted octanol–water partition coefficient (Wildman–Crippen LogP) is 5.80. The van der Waals surface area contributed by atoms with Gasteiger partial charge in [-0.3, -0.25) is 4.79 Å². The Labute approximate surface area is 158 Å². The molecule has 5 heteroatoms. The van der Waals surface area contributed by atoms with Crippen LogP contribution in [-0.4, -0.2) is 12.5 Å². The van der Waals surface area contributed by atoms with Crippen LogP contribution in [0.15, 0.2) is 39.3 Å². The number of amides is 1. The van der Waals surface area contributed by atoms with E-state index in [0.717, 1.165) is 43.5 Å². The molecule has 0 radical (unpaired) electrons. The molecule has 124 valence electrons. The fraction of sp³-hybridized carbons (Fsp3) is 0.211. The van der Waals surface area contributed by atoms with E-state index in [1.54, 1.807) is 0 Å². The molecule has 0 unspecified atom stereocenters. The minimum Gasteiger partial charge on any atom is -0.492 e. The summed E-state index contributed by atoms with van der Waals surface area (Å²) in [7, 11) is 0.